The van der Waals surface area contributed by atoms with Gasteiger partial charge in [-0.2, -0.15) is 5.10 Å². The first-order valence-corrected chi connectivity index (χ1v) is 10.6. The Balaban J connectivity index is 1.68. The first-order valence-electron chi connectivity index (χ1n) is 10.6. The lowest BCUT2D eigenvalue weighted by Crippen LogP contribution is -2.34. The normalized spacial score (nSPS) is 13.8. The van der Waals surface area contributed by atoms with E-state index >= 15 is 0 Å². The van der Waals surface area contributed by atoms with Crippen molar-refractivity contribution in [2.24, 2.45) is 0 Å². The molecule has 1 aromatic heterocycles. The average Bonchev–Trinajstić information content (AvgIpc) is 2.84. The van der Waals surface area contributed by atoms with E-state index in [9.17, 15) is 14.4 Å². The second kappa shape index (κ2) is 9.36. The van der Waals surface area contributed by atoms with Gasteiger partial charge in [0.05, 0.1) is 6.54 Å². The lowest BCUT2D eigenvalue weighted by molar-refractivity contribution is -0.117. The van der Waals surface area contributed by atoms with Gasteiger partial charge in [0, 0.05) is 25.7 Å². The predicted octanol–water partition coefficient (Wildman–Crippen LogP) is 2.78. The number of carbonyl (C=O) groups excluding carboxylic acids is 2. The summed E-state index contributed by atoms with van der Waals surface area (Å²) in [5.74, 6) is 0.400. The highest BCUT2D eigenvalue weighted by Gasteiger charge is 2.21. The van der Waals surface area contributed by atoms with E-state index in [1.165, 1.54) is 9.58 Å². The van der Waals surface area contributed by atoms with Crippen LogP contribution in [0.4, 0.5) is 10.5 Å². The van der Waals surface area contributed by atoms with Crippen molar-refractivity contribution in [3.63, 3.8) is 0 Å². The lowest BCUT2D eigenvalue weighted by atomic mass is 10.1. The first-order chi connectivity index (χ1) is 14.6. The van der Waals surface area contributed by atoms with Gasteiger partial charge in [-0.05, 0) is 45.2 Å². The highest BCUT2D eigenvalue weighted by Crippen LogP contribution is 2.18. The van der Waals surface area contributed by atoms with E-state index in [2.05, 4.69) is 10.4 Å². The second-order valence-corrected chi connectivity index (χ2v) is 8.86. The zero-order valence-corrected chi connectivity index (χ0v) is 18.7. The molecule has 1 aliphatic rings. The fourth-order valence-corrected chi connectivity index (χ4v) is 3.49. The molecular weight excluding hydrogens is 398 g/mol. The number of hydrogen-bond acceptors (Lipinski definition) is 5. The zero-order valence-electron chi connectivity index (χ0n) is 18.7. The summed E-state index contributed by atoms with van der Waals surface area (Å²) in [6.07, 6.45) is 3.34. The fourth-order valence-electron chi connectivity index (χ4n) is 3.49. The van der Waals surface area contributed by atoms with E-state index in [0.29, 0.717) is 12.2 Å². The maximum absolute atomic E-state index is 12.6. The van der Waals surface area contributed by atoms with Crippen LogP contribution in [-0.2, 0) is 35.6 Å². The Bertz CT molecular complexity index is 1000. The Kier molecular flexibility index (Phi) is 6.82. The summed E-state index contributed by atoms with van der Waals surface area (Å²) in [6, 6.07) is 7.24. The van der Waals surface area contributed by atoms with Crippen molar-refractivity contribution in [2.75, 3.05) is 12.4 Å². The standard InChI is InChI=1S/C22H31N5O4/c1-22(2,3)31-21(30)25(4)14-16-10-7-8-11-17(16)23-19(28)15-27-20(29)26-13-9-5-6-12-18(26)24-27/h7-8,10-11H,5-6,9,12-15H2,1-4H3,(H,23,28). The third-order valence-electron chi connectivity index (χ3n) is 4.98. The zero-order chi connectivity index (χ0) is 22.6. The third kappa shape index (κ3) is 5.96. The highest BCUT2D eigenvalue weighted by atomic mass is 16.6. The molecule has 1 aromatic carbocycles. The van der Waals surface area contributed by atoms with Gasteiger partial charge < -0.3 is 15.0 Å². The summed E-state index contributed by atoms with van der Waals surface area (Å²) >= 11 is 0. The van der Waals surface area contributed by atoms with Crippen molar-refractivity contribution in [3.8, 4) is 0 Å². The number of nitrogens with zero attached hydrogens (tertiary/aromatic N) is 4. The number of aromatic nitrogens is 3. The molecule has 9 heteroatoms. The molecule has 0 unspecified atom stereocenters. The van der Waals surface area contributed by atoms with E-state index in [1.54, 1.807) is 23.7 Å². The molecule has 0 atom stereocenters. The SMILES string of the molecule is CN(Cc1ccccc1NC(=O)Cn1nc2n(c1=O)CCCCC2)C(=O)OC(C)(C)C. The number of aryl methyl sites for hydroxylation is 1. The van der Waals surface area contributed by atoms with Crippen molar-refractivity contribution in [1.29, 1.82) is 0 Å². The molecule has 0 saturated carbocycles. The van der Waals surface area contributed by atoms with Gasteiger partial charge in [-0.15, -0.1) is 0 Å². The number of amides is 2. The molecule has 0 bridgehead atoms. The number of para-hydroxylation sites is 1. The smallest absolute Gasteiger partial charge is 0.410 e. The number of fused-ring (bicyclic) bond motifs is 1. The number of nitrogens with one attached hydrogen (secondary N) is 1. The Labute approximate surface area is 182 Å². The molecule has 168 valence electrons. The van der Waals surface area contributed by atoms with E-state index in [-0.39, 0.29) is 24.7 Å². The fraction of sp³-hybridized carbons (Fsp3) is 0.545. The Morgan fingerprint density at radius 1 is 1.19 bits per heavy atom. The van der Waals surface area contributed by atoms with Crippen LogP contribution in [0.5, 0.6) is 0 Å². The molecule has 0 fully saturated rings. The van der Waals surface area contributed by atoms with Crippen LogP contribution in [0.1, 0.15) is 51.4 Å². The quantitative estimate of drug-likeness (QED) is 0.788. The third-order valence-corrected chi connectivity index (χ3v) is 4.98. The summed E-state index contributed by atoms with van der Waals surface area (Å²) in [5, 5.41) is 7.20. The molecule has 1 N–H and O–H groups in total. The number of hydrogen-bond donors (Lipinski definition) is 1. The van der Waals surface area contributed by atoms with E-state index in [0.717, 1.165) is 37.1 Å². The van der Waals surface area contributed by atoms with Crippen molar-refractivity contribution in [1.82, 2.24) is 19.2 Å². The van der Waals surface area contributed by atoms with E-state index in [4.69, 9.17) is 4.74 Å². The highest BCUT2D eigenvalue weighted by molar-refractivity contribution is 5.91. The topological polar surface area (TPSA) is 98.5 Å². The van der Waals surface area contributed by atoms with Gasteiger partial charge in [0.1, 0.15) is 18.0 Å². The molecule has 0 spiro atoms. The Hall–Kier alpha value is -3.10. The molecule has 3 rings (SSSR count). The number of ether oxygens (including phenoxy) is 1. The minimum atomic E-state index is -0.588. The second-order valence-electron chi connectivity index (χ2n) is 8.86. The van der Waals surface area contributed by atoms with Crippen LogP contribution < -0.4 is 11.0 Å². The van der Waals surface area contributed by atoms with Crippen molar-refractivity contribution in [2.45, 2.75) is 71.7 Å². The summed E-state index contributed by atoms with van der Waals surface area (Å²) < 4.78 is 8.28. The molecule has 1 aliphatic heterocycles. The number of carbonyl (C=O) groups is 2. The predicted molar refractivity (Wildman–Crippen MR) is 117 cm³/mol. The van der Waals surface area contributed by atoms with Crippen LogP contribution in [0, 0.1) is 0 Å². The Morgan fingerprint density at radius 3 is 2.68 bits per heavy atom. The molecule has 9 nitrogen and oxygen atoms in total. The molecule has 0 aliphatic carbocycles. The summed E-state index contributed by atoms with van der Waals surface area (Å²) in [5.41, 5.74) is 0.508. The molecular formula is C22H31N5O4. The molecule has 0 radical (unpaired) electrons. The van der Waals surface area contributed by atoms with Gasteiger partial charge in [-0.1, -0.05) is 24.6 Å². The van der Waals surface area contributed by atoms with Crippen molar-refractivity contribution < 1.29 is 14.3 Å². The van der Waals surface area contributed by atoms with Gasteiger partial charge in [0.25, 0.3) is 0 Å². The molecule has 0 saturated heterocycles. The van der Waals surface area contributed by atoms with Crippen LogP contribution in [-0.4, -0.2) is 43.9 Å². The molecule has 2 heterocycles. The van der Waals surface area contributed by atoms with Crippen LogP contribution in [0.15, 0.2) is 29.1 Å². The van der Waals surface area contributed by atoms with Crippen molar-refractivity contribution >= 4 is 17.7 Å². The largest absolute Gasteiger partial charge is 0.444 e. The summed E-state index contributed by atoms with van der Waals surface area (Å²) in [4.78, 5) is 38.9. The number of anilines is 1. The minimum Gasteiger partial charge on any atom is -0.444 e. The minimum absolute atomic E-state index is 0.158. The molecule has 2 amide bonds. The lowest BCUT2D eigenvalue weighted by Gasteiger charge is -2.25. The summed E-state index contributed by atoms with van der Waals surface area (Å²) in [6.45, 7) is 6.19. The van der Waals surface area contributed by atoms with Crippen LogP contribution >= 0.6 is 0 Å². The first kappa shape index (κ1) is 22.6. The van der Waals surface area contributed by atoms with E-state index in [1.807, 2.05) is 32.9 Å². The number of rotatable bonds is 5. The van der Waals surface area contributed by atoms with Gasteiger partial charge in [-0.3, -0.25) is 9.36 Å². The van der Waals surface area contributed by atoms with Crippen LogP contribution in [0.25, 0.3) is 0 Å². The van der Waals surface area contributed by atoms with Gasteiger partial charge >= 0.3 is 11.8 Å². The molecule has 2 aromatic rings. The van der Waals surface area contributed by atoms with Crippen LogP contribution in [0.3, 0.4) is 0 Å². The van der Waals surface area contributed by atoms with Gasteiger partial charge in [0.2, 0.25) is 5.91 Å². The van der Waals surface area contributed by atoms with Crippen LogP contribution in [0.2, 0.25) is 0 Å². The van der Waals surface area contributed by atoms with Gasteiger partial charge in [0.15, 0.2) is 0 Å². The van der Waals surface area contributed by atoms with E-state index < -0.39 is 11.7 Å². The average molecular weight is 430 g/mol. The molecule has 31 heavy (non-hydrogen) atoms. The monoisotopic (exact) mass is 429 g/mol. The van der Waals surface area contributed by atoms with Gasteiger partial charge in [-0.25, -0.2) is 14.3 Å². The van der Waals surface area contributed by atoms with Crippen molar-refractivity contribution in [3.05, 3.63) is 46.1 Å². The maximum atomic E-state index is 12.6. The maximum Gasteiger partial charge on any atom is 0.410 e. The summed E-state index contributed by atoms with van der Waals surface area (Å²) in [7, 11) is 1.64. The Morgan fingerprint density at radius 2 is 1.94 bits per heavy atom. The number of benzene rings is 1.